The van der Waals surface area contributed by atoms with E-state index < -0.39 is 11.5 Å². The monoisotopic (exact) mass is 411 g/mol. The Morgan fingerprint density at radius 1 is 0.903 bits per heavy atom. The topological polar surface area (TPSA) is 84.2 Å². The number of benzene rings is 3. The van der Waals surface area contributed by atoms with Crippen LogP contribution in [0.3, 0.4) is 0 Å². The van der Waals surface area contributed by atoms with E-state index in [0.29, 0.717) is 23.4 Å². The molecule has 154 valence electrons. The number of hydrogen-bond donors (Lipinski definition) is 2. The predicted octanol–water partition coefficient (Wildman–Crippen LogP) is 4.56. The summed E-state index contributed by atoms with van der Waals surface area (Å²) in [6.45, 7) is 2.11. The van der Waals surface area contributed by atoms with Crippen LogP contribution in [0.5, 0.6) is 5.75 Å². The third-order valence-electron chi connectivity index (χ3n) is 4.94. The first-order valence-electron chi connectivity index (χ1n) is 9.95. The lowest BCUT2D eigenvalue weighted by Crippen LogP contribution is -2.32. The van der Waals surface area contributed by atoms with E-state index in [1.807, 2.05) is 60.7 Å². The quantitative estimate of drug-likeness (QED) is 0.472. The number of aromatic hydroxyl groups is 1. The van der Waals surface area contributed by atoms with Crippen molar-refractivity contribution in [3.8, 4) is 28.1 Å². The van der Waals surface area contributed by atoms with E-state index in [0.717, 1.165) is 5.56 Å². The standard InChI is InChI=1S/C25H21N3O3/c1-2-28-25(31)22(24(30)26-19-15-9-10-16-20(19)29)21(17-11-5-3-6-12-17)23(27-28)18-13-7-4-8-14-18/h3-16,29H,2H2,1H3,(H,26,30). The summed E-state index contributed by atoms with van der Waals surface area (Å²) < 4.78 is 1.29. The zero-order valence-electron chi connectivity index (χ0n) is 16.9. The minimum atomic E-state index is -0.605. The van der Waals surface area contributed by atoms with Gasteiger partial charge in [-0.1, -0.05) is 72.8 Å². The lowest BCUT2D eigenvalue weighted by molar-refractivity contribution is 0.102. The highest BCUT2D eigenvalue weighted by atomic mass is 16.3. The molecule has 3 aromatic carbocycles. The average molecular weight is 411 g/mol. The number of nitrogens with zero attached hydrogens (tertiary/aromatic N) is 2. The molecular formula is C25H21N3O3. The fourth-order valence-electron chi connectivity index (χ4n) is 3.44. The Hall–Kier alpha value is -4.19. The fourth-order valence-corrected chi connectivity index (χ4v) is 3.44. The van der Waals surface area contributed by atoms with E-state index in [4.69, 9.17) is 0 Å². The third-order valence-corrected chi connectivity index (χ3v) is 4.94. The number of phenols is 1. The molecule has 6 nitrogen and oxygen atoms in total. The van der Waals surface area contributed by atoms with Gasteiger partial charge in [0.1, 0.15) is 11.3 Å². The minimum absolute atomic E-state index is 0.0230. The SMILES string of the molecule is CCn1nc(-c2ccccc2)c(-c2ccccc2)c(C(=O)Nc2ccccc2O)c1=O. The van der Waals surface area contributed by atoms with Gasteiger partial charge in [0.25, 0.3) is 11.5 Å². The normalized spacial score (nSPS) is 10.6. The highest BCUT2D eigenvalue weighted by molar-refractivity contribution is 6.10. The van der Waals surface area contributed by atoms with Gasteiger partial charge in [0.15, 0.2) is 0 Å². The summed E-state index contributed by atoms with van der Waals surface area (Å²) in [6, 6.07) is 25.1. The van der Waals surface area contributed by atoms with Crippen molar-refractivity contribution in [2.75, 3.05) is 5.32 Å². The van der Waals surface area contributed by atoms with Crippen LogP contribution in [0.4, 0.5) is 5.69 Å². The maximum absolute atomic E-state index is 13.4. The number of nitrogens with one attached hydrogen (secondary N) is 1. The van der Waals surface area contributed by atoms with Gasteiger partial charge in [-0.25, -0.2) is 4.68 Å². The van der Waals surface area contributed by atoms with Gasteiger partial charge < -0.3 is 10.4 Å². The van der Waals surface area contributed by atoms with Gasteiger partial charge in [0, 0.05) is 17.7 Å². The molecule has 0 saturated carbocycles. The lowest BCUT2D eigenvalue weighted by atomic mass is 9.95. The fraction of sp³-hybridized carbons (Fsp3) is 0.0800. The van der Waals surface area contributed by atoms with Crippen LogP contribution in [-0.2, 0) is 6.54 Å². The van der Waals surface area contributed by atoms with Crippen LogP contribution in [0.15, 0.2) is 89.7 Å². The van der Waals surface area contributed by atoms with Crippen LogP contribution >= 0.6 is 0 Å². The Bertz CT molecular complexity index is 1280. The van der Waals surface area contributed by atoms with Crippen LogP contribution < -0.4 is 10.9 Å². The number of aryl methyl sites for hydroxylation is 1. The van der Waals surface area contributed by atoms with Gasteiger partial charge in [-0.2, -0.15) is 5.10 Å². The Labute approximate surface area is 179 Å². The molecule has 0 bridgehead atoms. The molecule has 0 atom stereocenters. The number of para-hydroxylation sites is 2. The van der Waals surface area contributed by atoms with Crippen LogP contribution in [0.1, 0.15) is 17.3 Å². The van der Waals surface area contributed by atoms with E-state index in [1.165, 1.54) is 10.7 Å². The molecule has 0 aliphatic heterocycles. The van der Waals surface area contributed by atoms with E-state index in [-0.39, 0.29) is 17.0 Å². The summed E-state index contributed by atoms with van der Waals surface area (Å²) in [7, 11) is 0. The Kier molecular flexibility index (Phi) is 5.62. The van der Waals surface area contributed by atoms with Gasteiger partial charge in [-0.15, -0.1) is 0 Å². The second-order valence-electron chi connectivity index (χ2n) is 6.92. The largest absolute Gasteiger partial charge is 0.506 e. The molecule has 31 heavy (non-hydrogen) atoms. The summed E-state index contributed by atoms with van der Waals surface area (Å²) >= 11 is 0. The Morgan fingerprint density at radius 3 is 2.10 bits per heavy atom. The number of hydrogen-bond acceptors (Lipinski definition) is 4. The second-order valence-corrected chi connectivity index (χ2v) is 6.92. The minimum Gasteiger partial charge on any atom is -0.506 e. The van der Waals surface area contributed by atoms with E-state index in [1.54, 1.807) is 25.1 Å². The summed E-state index contributed by atoms with van der Waals surface area (Å²) in [4.78, 5) is 26.6. The predicted molar refractivity (Wildman–Crippen MR) is 121 cm³/mol. The second kappa shape index (κ2) is 8.67. The molecule has 0 saturated heterocycles. The van der Waals surface area contributed by atoms with Crippen LogP contribution in [0.25, 0.3) is 22.4 Å². The highest BCUT2D eigenvalue weighted by Gasteiger charge is 2.25. The molecule has 0 aliphatic carbocycles. The first kappa shape index (κ1) is 20.1. The van der Waals surface area contributed by atoms with E-state index in [9.17, 15) is 14.7 Å². The van der Waals surface area contributed by atoms with Crippen molar-refractivity contribution in [3.05, 3.63) is 101 Å². The molecule has 0 aliphatic rings. The van der Waals surface area contributed by atoms with Crippen molar-refractivity contribution in [2.24, 2.45) is 0 Å². The number of anilines is 1. The van der Waals surface area contributed by atoms with E-state index in [2.05, 4.69) is 10.4 Å². The van der Waals surface area contributed by atoms with Crippen molar-refractivity contribution in [3.63, 3.8) is 0 Å². The first-order chi connectivity index (χ1) is 15.1. The maximum Gasteiger partial charge on any atom is 0.280 e. The lowest BCUT2D eigenvalue weighted by Gasteiger charge is -2.17. The molecule has 1 aromatic heterocycles. The number of amides is 1. The number of aromatic nitrogens is 2. The number of phenolic OH excluding ortho intramolecular Hbond substituents is 1. The molecule has 0 radical (unpaired) electrons. The summed E-state index contributed by atoms with van der Waals surface area (Å²) in [5, 5.41) is 17.3. The van der Waals surface area contributed by atoms with Gasteiger partial charge in [0.05, 0.1) is 11.4 Å². The smallest absolute Gasteiger partial charge is 0.280 e. The maximum atomic E-state index is 13.4. The van der Waals surface area contributed by atoms with Crippen molar-refractivity contribution >= 4 is 11.6 Å². The Morgan fingerprint density at radius 2 is 1.48 bits per heavy atom. The third kappa shape index (κ3) is 3.96. The molecule has 0 unspecified atom stereocenters. The van der Waals surface area contributed by atoms with Gasteiger partial charge >= 0.3 is 0 Å². The summed E-state index contributed by atoms with van der Waals surface area (Å²) in [6.07, 6.45) is 0. The number of carbonyl (C=O) groups is 1. The molecule has 1 amide bonds. The Balaban J connectivity index is 2.00. The molecule has 0 fully saturated rings. The van der Waals surface area contributed by atoms with Crippen molar-refractivity contribution < 1.29 is 9.90 Å². The molecule has 1 heterocycles. The zero-order valence-corrected chi connectivity index (χ0v) is 16.9. The van der Waals surface area contributed by atoms with Crippen molar-refractivity contribution in [1.29, 1.82) is 0 Å². The first-order valence-corrected chi connectivity index (χ1v) is 9.95. The van der Waals surface area contributed by atoms with Gasteiger partial charge in [0.2, 0.25) is 0 Å². The summed E-state index contributed by atoms with van der Waals surface area (Å²) in [5.41, 5.74) is 2.20. The van der Waals surface area contributed by atoms with Crippen LogP contribution in [0.2, 0.25) is 0 Å². The van der Waals surface area contributed by atoms with Gasteiger partial charge in [-0.05, 0) is 24.6 Å². The molecule has 2 N–H and O–H groups in total. The van der Waals surface area contributed by atoms with Gasteiger partial charge in [-0.3, -0.25) is 9.59 Å². The van der Waals surface area contributed by atoms with E-state index >= 15 is 0 Å². The van der Waals surface area contributed by atoms with Crippen LogP contribution in [-0.4, -0.2) is 20.8 Å². The average Bonchev–Trinajstić information content (AvgIpc) is 2.81. The number of carbonyl (C=O) groups excluding carboxylic acids is 1. The zero-order chi connectivity index (χ0) is 21.8. The molecular weight excluding hydrogens is 390 g/mol. The summed E-state index contributed by atoms with van der Waals surface area (Å²) in [5.74, 6) is -0.683. The van der Waals surface area contributed by atoms with Crippen molar-refractivity contribution in [1.82, 2.24) is 9.78 Å². The van der Waals surface area contributed by atoms with Crippen LogP contribution in [0, 0.1) is 0 Å². The molecule has 0 spiro atoms. The molecule has 6 heteroatoms. The number of rotatable bonds is 5. The molecule has 4 aromatic rings. The highest BCUT2D eigenvalue weighted by Crippen LogP contribution is 2.33. The molecule has 4 rings (SSSR count). The van der Waals surface area contributed by atoms with Crippen molar-refractivity contribution in [2.45, 2.75) is 13.5 Å².